The van der Waals surface area contributed by atoms with Crippen molar-refractivity contribution in [3.8, 4) is 0 Å². The maximum absolute atomic E-state index is 4.61. The van der Waals surface area contributed by atoms with Crippen molar-refractivity contribution in [3.63, 3.8) is 0 Å². The van der Waals surface area contributed by atoms with E-state index in [2.05, 4.69) is 73.8 Å². The number of hydrogen-bond acceptors (Lipinski definition) is 6. The van der Waals surface area contributed by atoms with Gasteiger partial charge in [-0.15, -0.1) is 0 Å². The Bertz CT molecular complexity index is 888. The highest BCUT2D eigenvalue weighted by molar-refractivity contribution is 5.87. The number of hydrogen-bond donors (Lipinski definition) is 2. The van der Waals surface area contributed by atoms with Crippen LogP contribution in [0.2, 0.25) is 0 Å². The van der Waals surface area contributed by atoms with Crippen molar-refractivity contribution >= 4 is 22.7 Å². The first-order valence-corrected chi connectivity index (χ1v) is 9.23. The molecule has 0 atom stereocenters. The van der Waals surface area contributed by atoms with Gasteiger partial charge in [0.1, 0.15) is 6.33 Å². The van der Waals surface area contributed by atoms with E-state index in [-0.39, 0.29) is 0 Å². The Kier molecular flexibility index (Phi) is 4.93. The molecule has 0 radical (unpaired) electrons. The van der Waals surface area contributed by atoms with Gasteiger partial charge < -0.3 is 15.5 Å². The fourth-order valence-corrected chi connectivity index (χ4v) is 3.48. The summed E-state index contributed by atoms with van der Waals surface area (Å²) in [6.07, 6.45) is 2.60. The zero-order valence-corrected chi connectivity index (χ0v) is 15.1. The first kappa shape index (κ1) is 16.7. The van der Waals surface area contributed by atoms with Gasteiger partial charge in [0.2, 0.25) is 11.9 Å². The van der Waals surface area contributed by atoms with Crippen molar-refractivity contribution in [1.82, 2.24) is 20.3 Å². The van der Waals surface area contributed by atoms with Crippen molar-refractivity contribution in [1.29, 1.82) is 0 Å². The molecule has 134 valence electrons. The Hall–Kier alpha value is -2.73. The lowest BCUT2D eigenvalue weighted by atomic mass is 9.97. The molecule has 0 spiro atoms. The molecule has 3 aromatic rings. The van der Waals surface area contributed by atoms with Gasteiger partial charge in [0.15, 0.2) is 0 Å². The fourth-order valence-electron chi connectivity index (χ4n) is 3.48. The first-order valence-electron chi connectivity index (χ1n) is 9.23. The SMILES string of the molecule is CCc1ccc2ccccc2c1CNc1ncnc(N2CCNCC2)n1. The highest BCUT2D eigenvalue weighted by atomic mass is 15.3. The van der Waals surface area contributed by atoms with Gasteiger partial charge in [-0.1, -0.05) is 43.3 Å². The lowest BCUT2D eigenvalue weighted by Gasteiger charge is -2.27. The van der Waals surface area contributed by atoms with E-state index >= 15 is 0 Å². The van der Waals surface area contributed by atoms with Crippen LogP contribution in [0, 0.1) is 0 Å². The van der Waals surface area contributed by atoms with Crippen LogP contribution in [-0.4, -0.2) is 41.1 Å². The molecule has 1 aromatic heterocycles. The minimum absolute atomic E-state index is 0.628. The molecule has 1 aliphatic heterocycles. The predicted molar refractivity (Wildman–Crippen MR) is 106 cm³/mol. The zero-order valence-electron chi connectivity index (χ0n) is 15.1. The first-order chi connectivity index (χ1) is 12.8. The molecule has 0 aliphatic carbocycles. The van der Waals surface area contributed by atoms with Crippen molar-refractivity contribution < 1.29 is 0 Å². The van der Waals surface area contributed by atoms with Gasteiger partial charge >= 0.3 is 0 Å². The van der Waals surface area contributed by atoms with Crippen LogP contribution in [0.5, 0.6) is 0 Å². The molecule has 6 heteroatoms. The van der Waals surface area contributed by atoms with E-state index < -0.39 is 0 Å². The largest absolute Gasteiger partial charge is 0.350 e. The Balaban J connectivity index is 1.57. The summed E-state index contributed by atoms with van der Waals surface area (Å²) in [4.78, 5) is 15.5. The number of rotatable bonds is 5. The summed E-state index contributed by atoms with van der Waals surface area (Å²) >= 11 is 0. The average Bonchev–Trinajstić information content (AvgIpc) is 2.72. The summed E-state index contributed by atoms with van der Waals surface area (Å²) in [5.41, 5.74) is 2.67. The lowest BCUT2D eigenvalue weighted by molar-refractivity contribution is 0.579. The van der Waals surface area contributed by atoms with Gasteiger partial charge in [0.25, 0.3) is 0 Å². The molecular formula is C20H24N6. The minimum Gasteiger partial charge on any atom is -0.350 e. The topological polar surface area (TPSA) is 66.0 Å². The van der Waals surface area contributed by atoms with Crippen LogP contribution in [0.3, 0.4) is 0 Å². The van der Waals surface area contributed by atoms with Gasteiger partial charge in [-0.05, 0) is 28.3 Å². The third kappa shape index (κ3) is 3.46. The summed E-state index contributed by atoms with van der Waals surface area (Å²) < 4.78 is 0. The van der Waals surface area contributed by atoms with E-state index in [9.17, 15) is 0 Å². The normalized spacial score (nSPS) is 14.6. The Labute approximate surface area is 153 Å². The van der Waals surface area contributed by atoms with Crippen molar-refractivity contribution in [3.05, 3.63) is 53.9 Å². The van der Waals surface area contributed by atoms with Crippen LogP contribution in [0.1, 0.15) is 18.1 Å². The van der Waals surface area contributed by atoms with E-state index in [0.29, 0.717) is 12.5 Å². The summed E-state index contributed by atoms with van der Waals surface area (Å²) in [7, 11) is 0. The molecule has 2 N–H and O–H groups in total. The number of aryl methyl sites for hydroxylation is 1. The van der Waals surface area contributed by atoms with Crippen LogP contribution >= 0.6 is 0 Å². The summed E-state index contributed by atoms with van der Waals surface area (Å²) in [6.45, 7) is 6.67. The summed E-state index contributed by atoms with van der Waals surface area (Å²) in [6, 6.07) is 12.9. The third-order valence-electron chi connectivity index (χ3n) is 4.90. The van der Waals surface area contributed by atoms with Crippen LogP contribution in [0.25, 0.3) is 10.8 Å². The van der Waals surface area contributed by atoms with Gasteiger partial charge in [-0.2, -0.15) is 4.98 Å². The number of nitrogens with one attached hydrogen (secondary N) is 2. The molecule has 0 unspecified atom stereocenters. The van der Waals surface area contributed by atoms with Crippen molar-refractivity contribution in [2.45, 2.75) is 19.9 Å². The van der Waals surface area contributed by atoms with Crippen LogP contribution in [-0.2, 0) is 13.0 Å². The van der Waals surface area contributed by atoms with E-state index in [1.54, 1.807) is 6.33 Å². The second-order valence-electron chi connectivity index (χ2n) is 6.48. The van der Waals surface area contributed by atoms with Crippen LogP contribution in [0.15, 0.2) is 42.7 Å². The van der Waals surface area contributed by atoms with Crippen LogP contribution in [0.4, 0.5) is 11.9 Å². The highest BCUT2D eigenvalue weighted by Gasteiger charge is 2.14. The molecule has 2 heterocycles. The second-order valence-corrected chi connectivity index (χ2v) is 6.48. The van der Waals surface area contributed by atoms with Crippen molar-refractivity contribution in [2.75, 3.05) is 36.4 Å². The van der Waals surface area contributed by atoms with Gasteiger partial charge in [0.05, 0.1) is 0 Å². The highest BCUT2D eigenvalue weighted by Crippen LogP contribution is 2.24. The number of aromatic nitrogens is 3. The average molecular weight is 348 g/mol. The van der Waals surface area contributed by atoms with E-state index in [4.69, 9.17) is 0 Å². The van der Waals surface area contributed by atoms with Gasteiger partial charge in [0, 0.05) is 32.7 Å². The molecule has 1 fully saturated rings. The van der Waals surface area contributed by atoms with Crippen LogP contribution < -0.4 is 15.5 Å². The fraction of sp³-hybridized carbons (Fsp3) is 0.350. The maximum Gasteiger partial charge on any atom is 0.230 e. The second kappa shape index (κ2) is 7.66. The number of fused-ring (bicyclic) bond motifs is 1. The van der Waals surface area contributed by atoms with Crippen molar-refractivity contribution in [2.24, 2.45) is 0 Å². The van der Waals surface area contributed by atoms with E-state index in [1.165, 1.54) is 21.9 Å². The molecule has 6 nitrogen and oxygen atoms in total. The quantitative estimate of drug-likeness (QED) is 0.739. The van der Waals surface area contributed by atoms with E-state index in [0.717, 1.165) is 38.5 Å². The van der Waals surface area contributed by atoms with E-state index in [1.807, 2.05) is 0 Å². The molecule has 0 amide bonds. The Morgan fingerprint density at radius 1 is 1.08 bits per heavy atom. The maximum atomic E-state index is 4.61. The summed E-state index contributed by atoms with van der Waals surface area (Å²) in [5, 5.41) is 9.30. The zero-order chi connectivity index (χ0) is 17.8. The van der Waals surface area contributed by atoms with Gasteiger partial charge in [-0.3, -0.25) is 0 Å². The molecule has 2 aromatic carbocycles. The molecule has 4 rings (SSSR count). The molecule has 0 bridgehead atoms. The predicted octanol–water partition coefficient (Wildman–Crippen LogP) is 2.61. The molecule has 0 saturated carbocycles. The minimum atomic E-state index is 0.628. The molecule has 1 aliphatic rings. The standard InChI is InChI=1S/C20H24N6/c1-2-15-7-8-16-5-3-4-6-17(16)18(15)13-22-19-23-14-24-20(25-19)26-11-9-21-10-12-26/h3-8,14,21H,2,9-13H2,1H3,(H,22,23,24,25). The molecular weight excluding hydrogens is 324 g/mol. The number of anilines is 2. The number of nitrogens with zero attached hydrogens (tertiary/aromatic N) is 4. The number of piperazine rings is 1. The molecule has 1 saturated heterocycles. The lowest BCUT2D eigenvalue weighted by Crippen LogP contribution is -2.44. The third-order valence-corrected chi connectivity index (χ3v) is 4.90. The Morgan fingerprint density at radius 3 is 2.77 bits per heavy atom. The molecule has 26 heavy (non-hydrogen) atoms. The number of benzene rings is 2. The monoisotopic (exact) mass is 348 g/mol. The smallest absolute Gasteiger partial charge is 0.230 e. The summed E-state index contributed by atoms with van der Waals surface area (Å²) in [5.74, 6) is 1.38. The van der Waals surface area contributed by atoms with Gasteiger partial charge in [-0.25, -0.2) is 9.97 Å². The Morgan fingerprint density at radius 2 is 1.92 bits per heavy atom.